The normalized spacial score (nSPS) is 17.4. The van der Waals surface area contributed by atoms with E-state index in [-0.39, 0.29) is 5.92 Å². The number of hydrogen-bond acceptors (Lipinski definition) is 3. The Morgan fingerprint density at radius 2 is 2.08 bits per heavy atom. The van der Waals surface area contributed by atoms with Crippen LogP contribution in [0.1, 0.15) is 52.4 Å². The molecule has 2 atom stereocenters. The summed E-state index contributed by atoms with van der Waals surface area (Å²) in [6.45, 7) is 1.84. The van der Waals surface area contributed by atoms with Crippen LogP contribution in [0.2, 0.25) is 0 Å². The number of aromatic nitrogens is 1. The third-order valence-corrected chi connectivity index (χ3v) is 4.79. The van der Waals surface area contributed by atoms with Crippen LogP contribution in [-0.4, -0.2) is 28.0 Å². The van der Waals surface area contributed by atoms with Crippen LogP contribution in [0.3, 0.4) is 0 Å². The minimum Gasteiger partial charge on any atom is -0.480 e. The number of aryl methyl sites for hydroxylation is 2. The van der Waals surface area contributed by atoms with Crippen molar-refractivity contribution in [2.45, 2.75) is 44.6 Å². The van der Waals surface area contributed by atoms with Crippen LogP contribution >= 0.6 is 0 Å². The zero-order valence-corrected chi connectivity index (χ0v) is 14.2. The van der Waals surface area contributed by atoms with Gasteiger partial charge in [-0.1, -0.05) is 24.3 Å². The summed E-state index contributed by atoms with van der Waals surface area (Å²) in [5, 5.41) is 12.2. The number of amides is 1. The highest BCUT2D eigenvalue weighted by Crippen LogP contribution is 2.34. The molecule has 3 rings (SSSR count). The number of nitrogens with zero attached hydrogens (tertiary/aromatic N) is 1. The lowest BCUT2D eigenvalue weighted by Gasteiger charge is -2.28. The highest BCUT2D eigenvalue weighted by atomic mass is 16.4. The molecule has 0 aliphatic heterocycles. The van der Waals surface area contributed by atoms with Gasteiger partial charge < -0.3 is 10.4 Å². The fourth-order valence-corrected chi connectivity index (χ4v) is 3.45. The van der Waals surface area contributed by atoms with Crippen LogP contribution in [0.15, 0.2) is 42.6 Å². The second-order valence-electron chi connectivity index (χ2n) is 6.58. The maximum absolute atomic E-state index is 12.3. The summed E-state index contributed by atoms with van der Waals surface area (Å²) in [7, 11) is 0. The van der Waals surface area contributed by atoms with Gasteiger partial charge in [0.1, 0.15) is 6.04 Å². The van der Waals surface area contributed by atoms with Crippen LogP contribution in [0.25, 0.3) is 0 Å². The molecule has 0 bridgehead atoms. The van der Waals surface area contributed by atoms with Gasteiger partial charge in [0.15, 0.2) is 0 Å². The Hall–Kier alpha value is -2.69. The number of pyridine rings is 1. The summed E-state index contributed by atoms with van der Waals surface area (Å²) in [5.41, 5.74) is 3.69. The SMILES string of the molecule is Cc1ccc(C(=O)NC(CC2CCCc3ccccc32)C(=O)O)cn1. The highest BCUT2D eigenvalue weighted by molar-refractivity contribution is 5.96. The van der Waals surface area contributed by atoms with Crippen molar-refractivity contribution in [1.82, 2.24) is 10.3 Å². The minimum absolute atomic E-state index is 0.155. The Bertz CT molecular complexity index is 771. The molecule has 0 saturated carbocycles. The average molecular weight is 338 g/mol. The Kier molecular flexibility index (Phi) is 5.12. The summed E-state index contributed by atoms with van der Waals surface area (Å²) in [6, 6.07) is 10.7. The number of carbonyl (C=O) groups is 2. The van der Waals surface area contributed by atoms with Crippen LogP contribution in [0.5, 0.6) is 0 Å². The molecule has 5 heteroatoms. The van der Waals surface area contributed by atoms with E-state index in [1.807, 2.05) is 19.1 Å². The summed E-state index contributed by atoms with van der Waals surface area (Å²) in [4.78, 5) is 28.1. The summed E-state index contributed by atoms with van der Waals surface area (Å²) < 4.78 is 0. The molecule has 25 heavy (non-hydrogen) atoms. The molecular formula is C20H22N2O3. The summed E-state index contributed by atoms with van der Waals surface area (Å²) >= 11 is 0. The molecule has 1 aromatic carbocycles. The van der Waals surface area contributed by atoms with Crippen molar-refractivity contribution in [3.8, 4) is 0 Å². The van der Waals surface area contributed by atoms with Crippen molar-refractivity contribution in [2.24, 2.45) is 0 Å². The molecule has 2 unspecified atom stereocenters. The van der Waals surface area contributed by atoms with Gasteiger partial charge in [-0.15, -0.1) is 0 Å². The van der Waals surface area contributed by atoms with Crippen molar-refractivity contribution in [2.75, 3.05) is 0 Å². The minimum atomic E-state index is -1.00. The molecule has 1 aliphatic carbocycles. The number of aliphatic carboxylic acids is 1. The molecule has 130 valence electrons. The van der Waals surface area contributed by atoms with Gasteiger partial charge in [0.25, 0.3) is 5.91 Å². The fraction of sp³-hybridized carbons (Fsp3) is 0.350. The number of carboxylic acid groups (broad SMARTS) is 1. The van der Waals surface area contributed by atoms with Gasteiger partial charge >= 0.3 is 5.97 Å². The number of nitrogens with one attached hydrogen (secondary N) is 1. The van der Waals surface area contributed by atoms with E-state index < -0.39 is 17.9 Å². The van der Waals surface area contributed by atoms with Crippen LogP contribution in [0, 0.1) is 6.92 Å². The summed E-state index contributed by atoms with van der Waals surface area (Å²) in [6.07, 6.45) is 4.90. The smallest absolute Gasteiger partial charge is 0.326 e. The lowest BCUT2D eigenvalue weighted by molar-refractivity contribution is -0.139. The van der Waals surface area contributed by atoms with Gasteiger partial charge in [-0.2, -0.15) is 0 Å². The Morgan fingerprint density at radius 1 is 1.28 bits per heavy atom. The standard InChI is InChI=1S/C20H22N2O3/c1-13-9-10-16(12-21-13)19(23)22-18(20(24)25)11-15-7-4-6-14-5-2-3-8-17(14)15/h2-3,5,8-10,12,15,18H,4,6-7,11H2,1H3,(H,22,23)(H,24,25). The zero-order chi connectivity index (χ0) is 17.8. The quantitative estimate of drug-likeness (QED) is 0.878. The van der Waals surface area contributed by atoms with E-state index in [0.29, 0.717) is 12.0 Å². The van der Waals surface area contributed by atoms with Gasteiger partial charge in [0.05, 0.1) is 5.56 Å². The van der Waals surface area contributed by atoms with Gasteiger partial charge in [-0.3, -0.25) is 9.78 Å². The molecule has 1 amide bonds. The molecule has 0 spiro atoms. The molecular weight excluding hydrogens is 316 g/mol. The topological polar surface area (TPSA) is 79.3 Å². The second kappa shape index (κ2) is 7.47. The van der Waals surface area contributed by atoms with E-state index in [0.717, 1.165) is 25.0 Å². The first kappa shape index (κ1) is 17.1. The van der Waals surface area contributed by atoms with E-state index >= 15 is 0 Å². The second-order valence-corrected chi connectivity index (χ2v) is 6.58. The van der Waals surface area contributed by atoms with Gasteiger partial charge in [0.2, 0.25) is 0 Å². The van der Waals surface area contributed by atoms with E-state index in [2.05, 4.69) is 22.4 Å². The van der Waals surface area contributed by atoms with Crippen LogP contribution in [0.4, 0.5) is 0 Å². The van der Waals surface area contributed by atoms with E-state index in [1.54, 1.807) is 12.1 Å². The van der Waals surface area contributed by atoms with E-state index in [1.165, 1.54) is 17.3 Å². The maximum atomic E-state index is 12.3. The first-order valence-corrected chi connectivity index (χ1v) is 8.58. The average Bonchev–Trinajstić information content (AvgIpc) is 2.61. The lowest BCUT2D eigenvalue weighted by Crippen LogP contribution is -2.42. The molecule has 1 aromatic heterocycles. The Labute approximate surface area is 147 Å². The highest BCUT2D eigenvalue weighted by Gasteiger charge is 2.28. The van der Waals surface area contributed by atoms with E-state index in [4.69, 9.17) is 0 Å². The molecule has 0 fully saturated rings. The number of benzene rings is 1. The summed E-state index contributed by atoms with van der Waals surface area (Å²) in [5.74, 6) is -1.25. The molecule has 0 saturated heterocycles. The first-order chi connectivity index (χ1) is 12.0. The molecule has 0 radical (unpaired) electrons. The van der Waals surface area contributed by atoms with Crippen LogP contribution in [-0.2, 0) is 11.2 Å². The van der Waals surface area contributed by atoms with Crippen LogP contribution < -0.4 is 5.32 Å². The van der Waals surface area contributed by atoms with Gasteiger partial charge in [-0.05, 0) is 61.8 Å². The van der Waals surface area contributed by atoms with Crippen molar-refractivity contribution in [1.29, 1.82) is 0 Å². The monoisotopic (exact) mass is 338 g/mol. The predicted molar refractivity (Wildman–Crippen MR) is 94.6 cm³/mol. The van der Waals surface area contributed by atoms with Gasteiger partial charge in [0, 0.05) is 11.9 Å². The van der Waals surface area contributed by atoms with Crippen molar-refractivity contribution in [3.05, 3.63) is 65.0 Å². The number of carboxylic acids is 1. The number of rotatable bonds is 5. The molecule has 1 aliphatic rings. The zero-order valence-electron chi connectivity index (χ0n) is 14.2. The number of fused-ring (bicyclic) bond motifs is 1. The third kappa shape index (κ3) is 4.05. The maximum Gasteiger partial charge on any atom is 0.326 e. The largest absolute Gasteiger partial charge is 0.480 e. The first-order valence-electron chi connectivity index (χ1n) is 8.58. The fourth-order valence-electron chi connectivity index (χ4n) is 3.45. The van der Waals surface area contributed by atoms with Crippen molar-refractivity contribution in [3.63, 3.8) is 0 Å². The molecule has 2 aromatic rings. The molecule has 2 N–H and O–H groups in total. The Morgan fingerprint density at radius 3 is 2.80 bits per heavy atom. The number of hydrogen-bond donors (Lipinski definition) is 2. The lowest BCUT2D eigenvalue weighted by atomic mass is 9.79. The van der Waals surface area contributed by atoms with Gasteiger partial charge in [-0.25, -0.2) is 4.79 Å². The van der Waals surface area contributed by atoms with Crippen molar-refractivity contribution >= 4 is 11.9 Å². The molecule has 1 heterocycles. The predicted octanol–water partition coefficient (Wildman–Crippen LogP) is 3.08. The third-order valence-electron chi connectivity index (χ3n) is 4.79. The molecule has 5 nitrogen and oxygen atoms in total. The Balaban J connectivity index is 1.73. The number of carbonyl (C=O) groups excluding carboxylic acids is 1. The van der Waals surface area contributed by atoms with Crippen molar-refractivity contribution < 1.29 is 14.7 Å². The van der Waals surface area contributed by atoms with E-state index in [9.17, 15) is 14.7 Å².